The van der Waals surface area contributed by atoms with Gasteiger partial charge in [0, 0.05) is 18.4 Å². The molecule has 0 aliphatic heterocycles. The molecule has 2 rings (SSSR count). The lowest BCUT2D eigenvalue weighted by Crippen LogP contribution is -2.14. The fourth-order valence-electron chi connectivity index (χ4n) is 2.10. The maximum atomic E-state index is 12.3. The van der Waals surface area contributed by atoms with E-state index in [-0.39, 0.29) is 12.3 Å². The lowest BCUT2D eigenvalue weighted by atomic mass is 10.1. The van der Waals surface area contributed by atoms with Crippen LogP contribution in [0.4, 0.5) is 0 Å². The molecule has 5 nitrogen and oxygen atoms in total. The number of ketones is 1. The molecule has 2 aromatic rings. The summed E-state index contributed by atoms with van der Waals surface area (Å²) in [5.74, 6) is 2.44. The highest BCUT2D eigenvalue weighted by molar-refractivity contribution is 5.95. The molecule has 21 heavy (non-hydrogen) atoms. The first-order valence-corrected chi connectivity index (χ1v) is 7.36. The van der Waals surface area contributed by atoms with Gasteiger partial charge in [0.2, 0.25) is 0 Å². The van der Waals surface area contributed by atoms with Gasteiger partial charge in [-0.15, -0.1) is 0 Å². The van der Waals surface area contributed by atoms with Gasteiger partial charge in [0.15, 0.2) is 11.6 Å². The Morgan fingerprint density at radius 1 is 1.14 bits per heavy atom. The summed E-state index contributed by atoms with van der Waals surface area (Å²) in [5.41, 5.74) is 0.661. The zero-order valence-electron chi connectivity index (χ0n) is 12.8. The van der Waals surface area contributed by atoms with E-state index in [2.05, 4.69) is 10.1 Å². The minimum atomic E-state index is 0.0281. The highest BCUT2D eigenvalue weighted by Crippen LogP contribution is 2.13. The minimum Gasteiger partial charge on any atom is -0.494 e. The molecule has 0 fully saturated rings. The van der Waals surface area contributed by atoms with Gasteiger partial charge >= 0.3 is 0 Å². The summed E-state index contributed by atoms with van der Waals surface area (Å²) < 4.78 is 7.08. The topological polar surface area (TPSA) is 57.0 Å². The molecule has 1 aromatic carbocycles. The zero-order valence-corrected chi connectivity index (χ0v) is 12.8. The lowest BCUT2D eigenvalue weighted by Gasteiger charge is -2.06. The normalized spacial score (nSPS) is 10.6. The molecular weight excluding hydrogens is 266 g/mol. The highest BCUT2D eigenvalue weighted by atomic mass is 16.5. The van der Waals surface area contributed by atoms with Gasteiger partial charge in [0.1, 0.15) is 18.1 Å². The van der Waals surface area contributed by atoms with E-state index >= 15 is 0 Å². The Labute approximate surface area is 125 Å². The van der Waals surface area contributed by atoms with Gasteiger partial charge in [-0.2, -0.15) is 5.10 Å². The smallest absolute Gasteiger partial charge is 0.184 e. The van der Waals surface area contributed by atoms with E-state index in [1.54, 1.807) is 16.8 Å². The summed E-state index contributed by atoms with van der Waals surface area (Å²) >= 11 is 0. The first-order valence-electron chi connectivity index (χ1n) is 7.36. The van der Waals surface area contributed by atoms with Crippen molar-refractivity contribution in [1.29, 1.82) is 0 Å². The lowest BCUT2D eigenvalue weighted by molar-refractivity contribution is 0.0966. The molecule has 0 saturated carbocycles. The third-order valence-electron chi connectivity index (χ3n) is 3.21. The number of hydrogen-bond donors (Lipinski definition) is 0. The quantitative estimate of drug-likeness (QED) is 0.735. The van der Waals surface area contributed by atoms with Gasteiger partial charge in [0.05, 0.1) is 6.61 Å². The monoisotopic (exact) mass is 287 g/mol. The van der Waals surface area contributed by atoms with Crippen LogP contribution in [0.3, 0.4) is 0 Å². The van der Waals surface area contributed by atoms with Crippen LogP contribution < -0.4 is 4.74 Å². The fourth-order valence-corrected chi connectivity index (χ4v) is 2.10. The Bertz CT molecular complexity index is 602. The van der Waals surface area contributed by atoms with Crippen molar-refractivity contribution in [3.63, 3.8) is 0 Å². The average Bonchev–Trinajstić information content (AvgIpc) is 2.90. The fraction of sp³-hybridized carbons (Fsp3) is 0.438. The van der Waals surface area contributed by atoms with E-state index in [1.165, 1.54) is 0 Å². The number of hydrogen-bond acceptors (Lipinski definition) is 4. The number of benzene rings is 1. The number of ether oxygens (including phenoxy) is 1. The molecule has 0 amide bonds. The molecule has 0 aliphatic carbocycles. The first-order chi connectivity index (χ1) is 10.2. The molecule has 0 spiro atoms. The van der Waals surface area contributed by atoms with E-state index in [9.17, 15) is 4.79 Å². The second kappa shape index (κ2) is 7.02. The Morgan fingerprint density at radius 2 is 1.86 bits per heavy atom. The van der Waals surface area contributed by atoms with E-state index in [0.717, 1.165) is 30.2 Å². The SMILES string of the molecule is CCOc1ccc(C(=O)Cn2nc(CC)nc2CC)cc1. The summed E-state index contributed by atoms with van der Waals surface area (Å²) in [5, 5.41) is 4.37. The zero-order chi connectivity index (χ0) is 15.2. The third kappa shape index (κ3) is 3.68. The van der Waals surface area contributed by atoms with Crippen LogP contribution in [0, 0.1) is 0 Å². The van der Waals surface area contributed by atoms with Crippen molar-refractivity contribution in [3.8, 4) is 5.75 Å². The Morgan fingerprint density at radius 3 is 2.43 bits per heavy atom. The number of Topliss-reactive ketones (excluding diaryl/α,β-unsaturated/α-hetero) is 1. The van der Waals surface area contributed by atoms with Gasteiger partial charge in [-0.1, -0.05) is 13.8 Å². The van der Waals surface area contributed by atoms with Crippen molar-refractivity contribution >= 4 is 5.78 Å². The Kier molecular flexibility index (Phi) is 5.09. The minimum absolute atomic E-state index is 0.0281. The van der Waals surface area contributed by atoms with Gasteiger partial charge in [-0.3, -0.25) is 4.79 Å². The van der Waals surface area contributed by atoms with E-state index in [0.29, 0.717) is 12.2 Å². The molecule has 1 aromatic heterocycles. The molecule has 1 heterocycles. The predicted molar refractivity (Wildman–Crippen MR) is 80.7 cm³/mol. The largest absolute Gasteiger partial charge is 0.494 e. The van der Waals surface area contributed by atoms with Crippen LogP contribution in [-0.2, 0) is 19.4 Å². The van der Waals surface area contributed by atoms with Crippen molar-refractivity contribution < 1.29 is 9.53 Å². The van der Waals surface area contributed by atoms with Crippen molar-refractivity contribution in [2.24, 2.45) is 0 Å². The number of nitrogens with zero attached hydrogens (tertiary/aromatic N) is 3. The van der Waals surface area contributed by atoms with Gasteiger partial charge in [0.25, 0.3) is 0 Å². The Hall–Kier alpha value is -2.17. The Balaban J connectivity index is 2.11. The maximum Gasteiger partial charge on any atom is 0.184 e. The highest BCUT2D eigenvalue weighted by Gasteiger charge is 2.12. The molecule has 0 saturated heterocycles. The van der Waals surface area contributed by atoms with E-state index in [1.807, 2.05) is 32.9 Å². The molecule has 0 N–H and O–H groups in total. The summed E-state index contributed by atoms with van der Waals surface area (Å²) in [6.07, 6.45) is 1.54. The van der Waals surface area contributed by atoms with E-state index < -0.39 is 0 Å². The first kappa shape index (κ1) is 15.2. The van der Waals surface area contributed by atoms with Crippen molar-refractivity contribution in [2.75, 3.05) is 6.61 Å². The summed E-state index contributed by atoms with van der Waals surface area (Å²) in [6.45, 7) is 6.80. The molecule has 0 aliphatic rings. The van der Waals surface area contributed by atoms with Crippen molar-refractivity contribution in [2.45, 2.75) is 40.2 Å². The van der Waals surface area contributed by atoms with Gasteiger partial charge in [-0.05, 0) is 31.2 Å². The number of carbonyl (C=O) groups is 1. The summed E-state index contributed by atoms with van der Waals surface area (Å²) in [6, 6.07) is 7.21. The van der Waals surface area contributed by atoms with Crippen LogP contribution in [-0.4, -0.2) is 27.2 Å². The molecule has 112 valence electrons. The van der Waals surface area contributed by atoms with E-state index in [4.69, 9.17) is 4.74 Å². The predicted octanol–water partition coefficient (Wildman–Crippen LogP) is 2.68. The summed E-state index contributed by atoms with van der Waals surface area (Å²) in [4.78, 5) is 16.7. The van der Waals surface area contributed by atoms with Gasteiger partial charge < -0.3 is 4.74 Å². The maximum absolute atomic E-state index is 12.3. The summed E-state index contributed by atoms with van der Waals surface area (Å²) in [7, 11) is 0. The van der Waals surface area contributed by atoms with Crippen LogP contribution in [0.15, 0.2) is 24.3 Å². The van der Waals surface area contributed by atoms with Crippen LogP contribution in [0.2, 0.25) is 0 Å². The van der Waals surface area contributed by atoms with Crippen molar-refractivity contribution in [1.82, 2.24) is 14.8 Å². The third-order valence-corrected chi connectivity index (χ3v) is 3.21. The number of aromatic nitrogens is 3. The molecule has 0 atom stereocenters. The molecule has 0 radical (unpaired) electrons. The number of carbonyl (C=O) groups excluding carboxylic acids is 1. The standard InChI is InChI=1S/C16H21N3O2/c1-4-15-17-16(5-2)19(18-15)11-14(20)12-7-9-13(10-8-12)21-6-3/h7-10H,4-6,11H2,1-3H3. The second-order valence-corrected chi connectivity index (χ2v) is 4.69. The molecule has 0 bridgehead atoms. The number of aryl methyl sites for hydroxylation is 2. The number of rotatable bonds is 7. The molecule has 0 unspecified atom stereocenters. The average molecular weight is 287 g/mol. The van der Waals surface area contributed by atoms with Gasteiger partial charge in [-0.25, -0.2) is 9.67 Å². The van der Waals surface area contributed by atoms with Crippen LogP contribution in [0.5, 0.6) is 5.75 Å². The van der Waals surface area contributed by atoms with Crippen LogP contribution >= 0.6 is 0 Å². The van der Waals surface area contributed by atoms with Crippen molar-refractivity contribution in [3.05, 3.63) is 41.5 Å². The van der Waals surface area contributed by atoms with Crippen LogP contribution in [0.25, 0.3) is 0 Å². The molecule has 5 heteroatoms. The van der Waals surface area contributed by atoms with Crippen LogP contribution in [0.1, 0.15) is 42.8 Å². The second-order valence-electron chi connectivity index (χ2n) is 4.69. The molecular formula is C16H21N3O2.